The molecular weight excluding hydrogens is 306 g/mol. The van der Waals surface area contributed by atoms with E-state index in [9.17, 15) is 0 Å². The Morgan fingerprint density at radius 2 is 2.17 bits per heavy atom. The number of hydrogen-bond donors (Lipinski definition) is 1. The van der Waals surface area contributed by atoms with Crippen LogP contribution in [0.2, 0.25) is 0 Å². The van der Waals surface area contributed by atoms with Crippen molar-refractivity contribution in [1.29, 1.82) is 5.26 Å². The van der Waals surface area contributed by atoms with Gasteiger partial charge in [-0.3, -0.25) is 4.98 Å². The predicted octanol–water partition coefficient (Wildman–Crippen LogP) is 5.58. The Morgan fingerprint density at radius 1 is 1.35 bits per heavy atom. The van der Waals surface area contributed by atoms with Gasteiger partial charge in [0.1, 0.15) is 0 Å². The topological polar surface area (TPSA) is 48.7 Å². The van der Waals surface area contributed by atoms with Gasteiger partial charge in [0.05, 0.1) is 24.4 Å². The molecule has 0 saturated heterocycles. The molecule has 0 saturated carbocycles. The average Bonchev–Trinajstić information content (AvgIpc) is 2.55. The molecule has 0 fully saturated rings. The number of unbranched alkanes of at least 4 members (excludes halogenated alkanes) is 1. The molecule has 0 bridgehead atoms. The third-order valence-electron chi connectivity index (χ3n) is 3.46. The molecule has 0 radical (unpaired) electrons. The lowest BCUT2D eigenvalue weighted by atomic mass is 10.1. The van der Waals surface area contributed by atoms with Gasteiger partial charge in [0.25, 0.3) is 0 Å². The lowest BCUT2D eigenvalue weighted by molar-refractivity contribution is 0.961. The number of hydrogen-bond acceptors (Lipinski definition) is 3. The first-order valence-corrected chi connectivity index (χ1v) is 8.07. The first-order valence-electron chi connectivity index (χ1n) is 7.69. The second-order valence-corrected chi connectivity index (χ2v) is 5.77. The number of benzene rings is 1. The van der Waals surface area contributed by atoms with Crippen molar-refractivity contribution in [1.82, 2.24) is 4.98 Å². The highest BCUT2D eigenvalue weighted by Crippen LogP contribution is 2.26. The van der Waals surface area contributed by atoms with E-state index in [1.807, 2.05) is 43.3 Å². The average molecular weight is 326 g/mol. The molecule has 0 aliphatic carbocycles. The molecule has 1 aromatic heterocycles. The maximum absolute atomic E-state index is 8.80. The van der Waals surface area contributed by atoms with E-state index >= 15 is 0 Å². The van der Waals surface area contributed by atoms with Gasteiger partial charge in [0.2, 0.25) is 0 Å². The van der Waals surface area contributed by atoms with Gasteiger partial charge < -0.3 is 5.32 Å². The monoisotopic (exact) mass is 325 g/mol. The van der Waals surface area contributed by atoms with Gasteiger partial charge in [-0.1, -0.05) is 43.2 Å². The lowest BCUT2D eigenvalue weighted by Crippen LogP contribution is -1.96. The first kappa shape index (κ1) is 17.1. The minimum absolute atomic E-state index is 0.401. The summed E-state index contributed by atoms with van der Waals surface area (Å²) in [6.45, 7) is 4.08. The highest BCUT2D eigenvalue weighted by Gasteiger charge is 2.06. The highest BCUT2D eigenvalue weighted by molar-refractivity contribution is 6.48. The van der Waals surface area contributed by atoms with Crippen LogP contribution in [0.25, 0.3) is 5.03 Å². The minimum atomic E-state index is 0.401. The van der Waals surface area contributed by atoms with Gasteiger partial charge >= 0.3 is 0 Å². The highest BCUT2D eigenvalue weighted by atomic mass is 35.5. The molecule has 2 aromatic rings. The van der Waals surface area contributed by atoms with Crippen molar-refractivity contribution < 1.29 is 0 Å². The van der Waals surface area contributed by atoms with Crippen LogP contribution >= 0.6 is 11.6 Å². The van der Waals surface area contributed by atoms with Crippen molar-refractivity contribution >= 4 is 28.0 Å². The van der Waals surface area contributed by atoms with E-state index in [2.05, 4.69) is 23.3 Å². The number of allylic oxidation sites excluding steroid dienone is 1. The summed E-state index contributed by atoms with van der Waals surface area (Å²) in [7, 11) is 0. The van der Waals surface area contributed by atoms with Crippen LogP contribution in [0.1, 0.15) is 36.6 Å². The summed E-state index contributed by atoms with van der Waals surface area (Å²) in [6.07, 6.45) is 6.24. The van der Waals surface area contributed by atoms with Gasteiger partial charge in [-0.05, 0) is 37.1 Å². The predicted molar refractivity (Wildman–Crippen MR) is 96.8 cm³/mol. The number of nitriles is 1. The minimum Gasteiger partial charge on any atom is -0.354 e. The molecule has 1 N–H and O–H groups in total. The van der Waals surface area contributed by atoms with Gasteiger partial charge in [0.15, 0.2) is 0 Å². The van der Waals surface area contributed by atoms with Crippen LogP contribution in [-0.2, 0) is 6.42 Å². The van der Waals surface area contributed by atoms with Crippen LogP contribution in [0.4, 0.5) is 11.4 Å². The number of nitrogens with zero attached hydrogens (tertiary/aromatic N) is 2. The summed E-state index contributed by atoms with van der Waals surface area (Å²) in [4.78, 5) is 4.42. The fraction of sp³-hybridized carbons (Fsp3) is 0.263. The molecular formula is C19H20ClN3. The molecule has 0 unspecified atom stereocenters. The summed E-state index contributed by atoms with van der Waals surface area (Å²) < 4.78 is 0. The standard InChI is InChI=1S/C19H20ClN3/c1-3-4-8-19(20)18-12-17(13-22-14(18)2)23-16-7-5-6-15(11-16)9-10-21/h5-8,11-13,23H,3-4,9H2,1-2H3/b19-8+. The fourth-order valence-electron chi connectivity index (χ4n) is 2.24. The maximum atomic E-state index is 8.80. The van der Waals surface area contributed by atoms with Gasteiger partial charge in [-0.25, -0.2) is 0 Å². The maximum Gasteiger partial charge on any atom is 0.0669 e. The molecule has 1 aromatic carbocycles. The van der Waals surface area contributed by atoms with E-state index in [1.165, 1.54) is 0 Å². The van der Waals surface area contributed by atoms with E-state index in [4.69, 9.17) is 16.9 Å². The number of anilines is 2. The summed E-state index contributed by atoms with van der Waals surface area (Å²) in [6, 6.07) is 12.0. The van der Waals surface area contributed by atoms with Crippen molar-refractivity contribution in [2.75, 3.05) is 5.32 Å². The van der Waals surface area contributed by atoms with Crippen LogP contribution in [-0.4, -0.2) is 4.98 Å². The molecule has 2 rings (SSSR count). The molecule has 3 nitrogen and oxygen atoms in total. The molecule has 0 amide bonds. The van der Waals surface area contributed by atoms with Crippen molar-refractivity contribution in [3.63, 3.8) is 0 Å². The Morgan fingerprint density at radius 3 is 2.91 bits per heavy atom. The quantitative estimate of drug-likeness (QED) is 0.754. The summed E-state index contributed by atoms with van der Waals surface area (Å²) >= 11 is 6.39. The largest absolute Gasteiger partial charge is 0.354 e. The van der Waals surface area contributed by atoms with E-state index in [1.54, 1.807) is 6.20 Å². The van der Waals surface area contributed by atoms with Gasteiger partial charge in [-0.15, -0.1) is 0 Å². The Labute approximate surface area is 142 Å². The smallest absolute Gasteiger partial charge is 0.0669 e. The van der Waals surface area contributed by atoms with E-state index in [-0.39, 0.29) is 0 Å². The van der Waals surface area contributed by atoms with Crippen LogP contribution in [0.3, 0.4) is 0 Å². The Bertz CT molecular complexity index is 745. The number of aromatic nitrogens is 1. The second-order valence-electron chi connectivity index (χ2n) is 5.36. The third kappa shape index (κ3) is 4.84. The number of pyridine rings is 1. The zero-order chi connectivity index (χ0) is 16.7. The first-order chi connectivity index (χ1) is 11.1. The fourth-order valence-corrected chi connectivity index (χ4v) is 2.54. The van der Waals surface area contributed by atoms with E-state index in [0.717, 1.165) is 46.1 Å². The van der Waals surface area contributed by atoms with Crippen LogP contribution < -0.4 is 5.32 Å². The Hall–Kier alpha value is -2.31. The Kier molecular flexibility index (Phi) is 6.19. The van der Waals surface area contributed by atoms with Gasteiger partial charge in [0, 0.05) is 22.0 Å². The lowest BCUT2D eigenvalue weighted by Gasteiger charge is -2.11. The van der Waals surface area contributed by atoms with Crippen LogP contribution in [0.15, 0.2) is 42.6 Å². The molecule has 4 heteroatoms. The Balaban J connectivity index is 2.24. The number of rotatable bonds is 6. The molecule has 1 heterocycles. The molecule has 0 aliphatic rings. The number of aryl methyl sites for hydroxylation is 1. The van der Waals surface area contributed by atoms with Crippen molar-refractivity contribution in [3.8, 4) is 6.07 Å². The zero-order valence-electron chi connectivity index (χ0n) is 13.4. The van der Waals surface area contributed by atoms with E-state index in [0.29, 0.717) is 6.42 Å². The normalized spacial score (nSPS) is 11.1. The third-order valence-corrected chi connectivity index (χ3v) is 3.81. The molecule has 0 aliphatic heterocycles. The molecule has 23 heavy (non-hydrogen) atoms. The number of halogens is 1. The summed E-state index contributed by atoms with van der Waals surface area (Å²) in [5.74, 6) is 0. The number of nitrogens with one attached hydrogen (secondary N) is 1. The second kappa shape index (κ2) is 8.36. The van der Waals surface area contributed by atoms with Crippen LogP contribution in [0, 0.1) is 18.3 Å². The van der Waals surface area contributed by atoms with E-state index < -0.39 is 0 Å². The van der Waals surface area contributed by atoms with Gasteiger partial charge in [-0.2, -0.15) is 5.26 Å². The van der Waals surface area contributed by atoms with Crippen LogP contribution in [0.5, 0.6) is 0 Å². The SMILES string of the molecule is CCC/C=C(/Cl)c1cc(Nc2cccc(CC#N)c2)cnc1C. The van der Waals surface area contributed by atoms with Crippen molar-refractivity contribution in [2.24, 2.45) is 0 Å². The zero-order valence-corrected chi connectivity index (χ0v) is 14.2. The summed E-state index contributed by atoms with van der Waals surface area (Å²) in [5.41, 5.74) is 4.65. The molecule has 0 atom stereocenters. The molecule has 0 spiro atoms. The van der Waals surface area contributed by atoms with Crippen molar-refractivity contribution in [3.05, 3.63) is 59.4 Å². The van der Waals surface area contributed by atoms with Crippen molar-refractivity contribution in [2.45, 2.75) is 33.1 Å². The summed E-state index contributed by atoms with van der Waals surface area (Å²) in [5, 5.41) is 12.9. The molecule has 118 valence electrons.